The van der Waals surface area contributed by atoms with Gasteiger partial charge in [0.25, 0.3) is 5.91 Å². The van der Waals surface area contributed by atoms with Gasteiger partial charge in [0.2, 0.25) is 10.0 Å². The standard InChI is InChI=1S/C33H39ClN2O6S/c1-40-29-6-2-4-24-17-41-18-31(24)43(38,39)35-32(37)22-8-12-30-28(15-22)36(16-23-7-10-26(23)29)19-33(20-42-30)13-3-5-21-14-25(34)9-11-27(21)33/h2,6,8-9,11-12,14-15,23-24,26,29,31H,3-5,7,10,13,16-20H2,1H3,(H,35,37)/b6-2-/t23-,24-,26+,29-,31-,33-/m0/s1. The summed E-state index contributed by atoms with van der Waals surface area (Å²) in [5, 5.41) is -0.0532. The molecule has 3 heterocycles. The number of halogens is 1. The van der Waals surface area contributed by atoms with Crippen molar-refractivity contribution in [1.29, 1.82) is 0 Å². The van der Waals surface area contributed by atoms with E-state index in [0.717, 1.165) is 55.9 Å². The van der Waals surface area contributed by atoms with Gasteiger partial charge in [0.1, 0.15) is 11.0 Å². The number of benzene rings is 2. The highest BCUT2D eigenvalue weighted by molar-refractivity contribution is 7.90. The summed E-state index contributed by atoms with van der Waals surface area (Å²) in [5.41, 5.74) is 3.44. The number of nitrogens with one attached hydrogen (secondary N) is 1. The van der Waals surface area contributed by atoms with E-state index < -0.39 is 21.2 Å². The first kappa shape index (κ1) is 29.1. The van der Waals surface area contributed by atoms with Crippen LogP contribution in [0, 0.1) is 17.8 Å². The number of allylic oxidation sites excluding steroid dienone is 1. The van der Waals surface area contributed by atoms with Crippen molar-refractivity contribution in [2.45, 2.75) is 55.3 Å². The molecule has 8 nitrogen and oxygen atoms in total. The number of carbonyl (C=O) groups is 1. The zero-order valence-corrected chi connectivity index (χ0v) is 26.0. The lowest BCUT2D eigenvalue weighted by atomic mass is 9.68. The van der Waals surface area contributed by atoms with Gasteiger partial charge in [0.15, 0.2) is 0 Å². The number of nitrogens with zero attached hydrogens (tertiary/aromatic N) is 1. The summed E-state index contributed by atoms with van der Waals surface area (Å²) in [6.45, 7) is 2.46. The molecular formula is C33H39ClN2O6S. The minimum absolute atomic E-state index is 0.0516. The summed E-state index contributed by atoms with van der Waals surface area (Å²) >= 11 is 6.41. The summed E-state index contributed by atoms with van der Waals surface area (Å²) in [7, 11) is -2.20. The highest BCUT2D eigenvalue weighted by atomic mass is 35.5. The van der Waals surface area contributed by atoms with Crippen LogP contribution >= 0.6 is 11.6 Å². The molecule has 43 heavy (non-hydrogen) atoms. The first-order valence-corrected chi connectivity index (χ1v) is 17.3. The number of sulfonamides is 1. The largest absolute Gasteiger partial charge is 0.490 e. The third-order valence-electron chi connectivity index (χ3n) is 10.5. The predicted octanol–water partition coefficient (Wildman–Crippen LogP) is 4.89. The second-order valence-corrected chi connectivity index (χ2v) is 15.3. The molecule has 1 saturated heterocycles. The van der Waals surface area contributed by atoms with Crippen LogP contribution in [0.3, 0.4) is 0 Å². The molecule has 2 bridgehead atoms. The number of hydrogen-bond acceptors (Lipinski definition) is 7. The van der Waals surface area contributed by atoms with E-state index in [2.05, 4.69) is 27.8 Å². The first-order valence-electron chi connectivity index (χ1n) is 15.4. The third kappa shape index (κ3) is 5.36. The maximum Gasteiger partial charge on any atom is 0.264 e. The molecule has 2 aromatic carbocycles. The van der Waals surface area contributed by atoms with Crippen LogP contribution in [-0.4, -0.2) is 65.7 Å². The molecule has 10 heteroatoms. The number of ether oxygens (including phenoxy) is 3. The Labute approximate surface area is 258 Å². The number of aryl methyl sites for hydroxylation is 1. The van der Waals surface area contributed by atoms with E-state index in [0.29, 0.717) is 42.8 Å². The van der Waals surface area contributed by atoms with Crippen molar-refractivity contribution in [3.8, 4) is 5.75 Å². The molecule has 1 N–H and O–H groups in total. The lowest BCUT2D eigenvalue weighted by Gasteiger charge is -2.46. The monoisotopic (exact) mass is 626 g/mol. The van der Waals surface area contributed by atoms with Crippen molar-refractivity contribution in [3.05, 3.63) is 70.3 Å². The number of carbonyl (C=O) groups excluding carboxylic acids is 1. The van der Waals surface area contributed by atoms with Gasteiger partial charge in [-0.05, 0) is 91.8 Å². The van der Waals surface area contributed by atoms with E-state index >= 15 is 0 Å². The van der Waals surface area contributed by atoms with E-state index in [1.54, 1.807) is 19.2 Å². The predicted molar refractivity (Wildman–Crippen MR) is 165 cm³/mol. The molecule has 0 unspecified atom stereocenters. The maximum atomic E-state index is 13.5. The second kappa shape index (κ2) is 11.4. The number of amides is 1. The van der Waals surface area contributed by atoms with Crippen molar-refractivity contribution in [1.82, 2.24) is 4.72 Å². The molecule has 7 rings (SSSR count). The van der Waals surface area contributed by atoms with Gasteiger partial charge in [-0.3, -0.25) is 4.79 Å². The number of anilines is 1. The fraction of sp³-hybridized carbons (Fsp3) is 0.545. The quantitative estimate of drug-likeness (QED) is 0.451. The smallest absolute Gasteiger partial charge is 0.264 e. The average Bonchev–Trinajstić information content (AvgIpc) is 3.40. The summed E-state index contributed by atoms with van der Waals surface area (Å²) in [5.74, 6) is 0.597. The summed E-state index contributed by atoms with van der Waals surface area (Å²) in [6, 6.07) is 11.5. The summed E-state index contributed by atoms with van der Waals surface area (Å²) in [6.07, 6.45) is 9.82. The van der Waals surface area contributed by atoms with Gasteiger partial charge in [-0.1, -0.05) is 29.8 Å². The van der Waals surface area contributed by atoms with Gasteiger partial charge in [-0.2, -0.15) is 0 Å². The fourth-order valence-corrected chi connectivity index (χ4v) is 9.68. The molecular weight excluding hydrogens is 588 g/mol. The number of hydrogen-bond donors (Lipinski definition) is 1. The molecule has 230 valence electrons. The van der Waals surface area contributed by atoms with E-state index in [1.165, 1.54) is 11.1 Å². The van der Waals surface area contributed by atoms with Crippen LogP contribution < -0.4 is 14.4 Å². The molecule has 0 radical (unpaired) electrons. The molecule has 0 aromatic heterocycles. The molecule has 2 aromatic rings. The Bertz CT molecular complexity index is 1550. The van der Waals surface area contributed by atoms with Crippen molar-refractivity contribution < 1.29 is 27.4 Å². The van der Waals surface area contributed by atoms with Crippen molar-refractivity contribution >= 4 is 33.2 Å². The minimum Gasteiger partial charge on any atom is -0.490 e. The van der Waals surface area contributed by atoms with Crippen molar-refractivity contribution in [2.75, 3.05) is 44.9 Å². The van der Waals surface area contributed by atoms with Crippen LogP contribution in [0.2, 0.25) is 5.02 Å². The zero-order chi connectivity index (χ0) is 29.8. The third-order valence-corrected chi connectivity index (χ3v) is 12.5. The van der Waals surface area contributed by atoms with E-state index in [9.17, 15) is 13.2 Å². The maximum absolute atomic E-state index is 13.5. The van der Waals surface area contributed by atoms with E-state index in [1.807, 2.05) is 18.2 Å². The SMILES string of the molecule is CO[C@H]1/C=C\C[C@H]2COC[C@@H]2S(=O)(=O)NC(=O)c2ccc3c(c2)N(C[C@@H]2CC[C@H]21)C[C@@]1(CCCc2cc(Cl)ccc21)CO3. The molecule has 1 spiro atoms. The van der Waals surface area contributed by atoms with E-state index in [-0.39, 0.29) is 24.0 Å². The molecule has 1 amide bonds. The Morgan fingerprint density at radius 3 is 2.81 bits per heavy atom. The Balaban J connectivity index is 1.30. The Morgan fingerprint density at radius 2 is 2.00 bits per heavy atom. The second-order valence-electron chi connectivity index (χ2n) is 13.0. The molecule has 1 saturated carbocycles. The lowest BCUT2D eigenvalue weighted by molar-refractivity contribution is 0.0131. The molecule has 6 atom stereocenters. The Morgan fingerprint density at radius 1 is 1.12 bits per heavy atom. The highest BCUT2D eigenvalue weighted by Gasteiger charge is 2.45. The summed E-state index contributed by atoms with van der Waals surface area (Å²) in [4.78, 5) is 15.8. The van der Waals surface area contributed by atoms with Gasteiger partial charge >= 0.3 is 0 Å². The minimum atomic E-state index is -3.96. The van der Waals surface area contributed by atoms with Gasteiger partial charge in [-0.15, -0.1) is 0 Å². The van der Waals surface area contributed by atoms with E-state index in [4.69, 9.17) is 25.8 Å². The van der Waals surface area contributed by atoms with Crippen LogP contribution in [-0.2, 0) is 31.3 Å². The fourth-order valence-electron chi connectivity index (χ4n) is 7.98. The van der Waals surface area contributed by atoms with Crippen LogP contribution in [0.5, 0.6) is 5.75 Å². The van der Waals surface area contributed by atoms with Crippen LogP contribution in [0.25, 0.3) is 0 Å². The lowest BCUT2D eigenvalue weighted by Crippen LogP contribution is -2.49. The number of methoxy groups -OCH3 is 1. The molecule has 5 aliphatic rings. The average molecular weight is 627 g/mol. The topological polar surface area (TPSA) is 94.2 Å². The van der Waals surface area contributed by atoms with Crippen LogP contribution in [0.4, 0.5) is 5.69 Å². The van der Waals surface area contributed by atoms with Crippen molar-refractivity contribution in [3.63, 3.8) is 0 Å². The van der Waals surface area contributed by atoms with Gasteiger partial charge in [-0.25, -0.2) is 13.1 Å². The van der Waals surface area contributed by atoms with Crippen molar-refractivity contribution in [2.24, 2.45) is 17.8 Å². The highest BCUT2D eigenvalue weighted by Crippen LogP contribution is 2.47. The summed E-state index contributed by atoms with van der Waals surface area (Å²) < 4.78 is 47.3. The number of fused-ring (bicyclic) bond motifs is 5. The van der Waals surface area contributed by atoms with Crippen LogP contribution in [0.1, 0.15) is 53.6 Å². The molecule has 3 aliphatic heterocycles. The first-order chi connectivity index (χ1) is 20.8. The van der Waals surface area contributed by atoms with Crippen LogP contribution in [0.15, 0.2) is 48.6 Å². The Kier molecular flexibility index (Phi) is 7.73. The molecule has 2 aliphatic carbocycles. The van der Waals surface area contributed by atoms with Gasteiger partial charge in [0, 0.05) is 42.1 Å². The number of rotatable bonds is 1. The van der Waals surface area contributed by atoms with Gasteiger partial charge in [0.05, 0.1) is 31.6 Å². The molecule has 2 fully saturated rings. The normalized spacial score (nSPS) is 34.0. The van der Waals surface area contributed by atoms with Gasteiger partial charge < -0.3 is 19.1 Å². The zero-order valence-electron chi connectivity index (χ0n) is 24.5. The Hall–Kier alpha value is -2.59.